The lowest BCUT2D eigenvalue weighted by Crippen LogP contribution is -2.01. The van der Waals surface area contributed by atoms with E-state index in [1.165, 1.54) is 50.2 Å². The van der Waals surface area contributed by atoms with E-state index in [-0.39, 0.29) is 45.0 Å². The van der Waals surface area contributed by atoms with Crippen molar-refractivity contribution in [3.63, 3.8) is 0 Å². The van der Waals surface area contributed by atoms with Gasteiger partial charge in [0.05, 0.1) is 22.7 Å². The summed E-state index contributed by atoms with van der Waals surface area (Å²) in [6.45, 7) is 2.89. The largest absolute Gasteiger partial charge is 0.507 e. The van der Waals surface area contributed by atoms with Gasteiger partial charge in [-0.1, -0.05) is 24.3 Å². The average Bonchev–Trinajstić information content (AvgIpc) is 3.00. The van der Waals surface area contributed by atoms with Crippen molar-refractivity contribution >= 4 is 67.1 Å². The van der Waals surface area contributed by atoms with Crippen LogP contribution in [-0.4, -0.2) is 58.3 Å². The number of carboxylic acids is 2. The normalized spacial score (nSPS) is 12.3. The molecule has 0 saturated heterocycles. The number of hydrogen-bond donors (Lipinski definition) is 6. The number of aromatic carboxylic acids is 2. The van der Waals surface area contributed by atoms with Crippen molar-refractivity contribution < 1.29 is 56.0 Å². The van der Waals surface area contributed by atoms with E-state index < -0.39 is 64.6 Å². The molecule has 6 N–H and O–H groups in total. The Morgan fingerprint density at radius 3 is 1.21 bits per heavy atom. The van der Waals surface area contributed by atoms with Gasteiger partial charge in [0.25, 0.3) is 20.2 Å². The third-order valence-corrected chi connectivity index (χ3v) is 8.40. The Bertz CT molecular complexity index is 2140. The number of benzene rings is 4. The first-order chi connectivity index (χ1) is 22.3. The number of hydrogen-bond acceptors (Lipinski definition) is 12. The molecule has 0 amide bonds. The van der Waals surface area contributed by atoms with E-state index in [2.05, 4.69) is 20.5 Å². The summed E-state index contributed by atoms with van der Waals surface area (Å²) in [6.07, 6.45) is 2.29. The Morgan fingerprint density at radius 1 is 0.562 bits per heavy atom. The molecule has 0 bridgehead atoms. The second-order valence-corrected chi connectivity index (χ2v) is 12.8. The molecular weight excluding hydrogens is 672 g/mol. The first-order valence-electron chi connectivity index (χ1n) is 13.2. The van der Waals surface area contributed by atoms with Gasteiger partial charge >= 0.3 is 11.9 Å². The second-order valence-electron chi connectivity index (χ2n) is 10.1. The smallest absolute Gasteiger partial charge is 0.339 e. The van der Waals surface area contributed by atoms with Crippen LogP contribution >= 0.6 is 0 Å². The lowest BCUT2D eigenvalue weighted by atomic mass is 10.1. The molecule has 0 saturated carbocycles. The Kier molecular flexibility index (Phi) is 9.85. The van der Waals surface area contributed by atoms with Gasteiger partial charge in [0.15, 0.2) is 0 Å². The number of carboxylic acid groups (broad SMARTS) is 2. The summed E-state index contributed by atoms with van der Waals surface area (Å²) in [6, 6.07) is 11.8. The lowest BCUT2D eigenvalue weighted by molar-refractivity contribution is 0.0682. The van der Waals surface area contributed by atoms with E-state index in [1.54, 1.807) is 0 Å². The molecule has 18 heteroatoms. The second kappa shape index (κ2) is 13.5. The van der Waals surface area contributed by atoms with Crippen LogP contribution in [0.4, 0.5) is 22.7 Å². The maximum Gasteiger partial charge on any atom is 0.339 e. The van der Waals surface area contributed by atoms with E-state index in [9.17, 15) is 56.0 Å². The van der Waals surface area contributed by atoms with Crippen molar-refractivity contribution in [3.8, 4) is 11.5 Å². The van der Waals surface area contributed by atoms with Gasteiger partial charge in [-0.3, -0.25) is 9.11 Å². The van der Waals surface area contributed by atoms with Crippen LogP contribution in [0, 0.1) is 13.8 Å². The van der Waals surface area contributed by atoms with Crippen LogP contribution < -0.4 is 0 Å². The van der Waals surface area contributed by atoms with Gasteiger partial charge in [0.2, 0.25) is 0 Å². The van der Waals surface area contributed by atoms with Gasteiger partial charge < -0.3 is 20.4 Å². The third-order valence-electron chi connectivity index (χ3n) is 6.59. The van der Waals surface area contributed by atoms with Gasteiger partial charge in [-0.2, -0.15) is 37.3 Å². The topological polar surface area (TPSA) is 273 Å². The number of nitrogens with zero attached hydrogens (tertiary/aromatic N) is 4. The van der Waals surface area contributed by atoms with Crippen molar-refractivity contribution in [2.24, 2.45) is 20.5 Å². The Labute approximate surface area is 272 Å². The number of rotatable bonds is 10. The minimum Gasteiger partial charge on any atom is -0.507 e. The zero-order valence-electron chi connectivity index (χ0n) is 24.7. The summed E-state index contributed by atoms with van der Waals surface area (Å²) in [4.78, 5) is 21.4. The number of phenols is 2. The van der Waals surface area contributed by atoms with E-state index in [0.717, 1.165) is 36.4 Å². The summed E-state index contributed by atoms with van der Waals surface area (Å²) in [7, 11) is -9.76. The highest BCUT2D eigenvalue weighted by atomic mass is 32.2. The SMILES string of the molecule is Cc1cc(N=Nc2ccc(C=Cc3ccc(N=Nc4cc(C)c(O)c(C(=O)O)c4)cc3S(=O)(=O)O)c(S(=O)(=O)O)c2)cc(C(=O)O)c1O. The lowest BCUT2D eigenvalue weighted by Gasteiger charge is -2.07. The van der Waals surface area contributed by atoms with Crippen molar-refractivity contribution in [1.29, 1.82) is 0 Å². The van der Waals surface area contributed by atoms with Crippen LogP contribution in [0.2, 0.25) is 0 Å². The Hall–Kier alpha value is -5.82. The molecule has 0 aliphatic carbocycles. The van der Waals surface area contributed by atoms with Crippen molar-refractivity contribution in [2.75, 3.05) is 0 Å². The number of azo groups is 2. The molecule has 0 unspecified atom stereocenters. The summed E-state index contributed by atoms with van der Waals surface area (Å²) < 4.78 is 68.5. The van der Waals surface area contributed by atoms with Gasteiger partial charge in [-0.05, 0) is 84.6 Å². The van der Waals surface area contributed by atoms with E-state index in [0.29, 0.717) is 0 Å². The summed E-state index contributed by atoms with van der Waals surface area (Å²) in [5, 5.41) is 53.9. The molecule has 0 radical (unpaired) electrons. The minimum absolute atomic E-state index is 0.0315. The third kappa shape index (κ3) is 8.12. The standard InChI is InChI=1S/C30H24N4O12S2/c1-15-9-21(11-23(27(15)35)29(37)38)33-31-19-7-5-17(25(13-19)47(41,42)43)3-4-18-6-8-20(14-26(18)48(44,45)46)32-34-22-10-16(2)28(36)24(12-22)30(39)40/h3-14,35-36H,1-2H3,(H,37,38)(H,39,40)(H,41,42,43)(H,44,45,46). The molecule has 48 heavy (non-hydrogen) atoms. The molecule has 4 aromatic carbocycles. The fraction of sp³-hybridized carbons (Fsp3) is 0.0667. The fourth-order valence-corrected chi connectivity index (χ4v) is 5.67. The van der Waals surface area contributed by atoms with Crippen LogP contribution in [0.1, 0.15) is 43.0 Å². The molecular formula is C30H24N4O12S2. The number of aromatic hydroxyl groups is 2. The predicted molar refractivity (Wildman–Crippen MR) is 169 cm³/mol. The molecule has 0 aromatic heterocycles. The molecule has 16 nitrogen and oxygen atoms in total. The van der Waals surface area contributed by atoms with Gasteiger partial charge in [0.1, 0.15) is 32.4 Å². The van der Waals surface area contributed by atoms with E-state index in [4.69, 9.17) is 0 Å². The first kappa shape index (κ1) is 35.0. The van der Waals surface area contributed by atoms with Crippen LogP contribution in [0.3, 0.4) is 0 Å². The molecule has 0 aliphatic rings. The fourth-order valence-electron chi connectivity index (χ4n) is 4.27. The van der Waals surface area contributed by atoms with Crippen molar-refractivity contribution in [2.45, 2.75) is 23.6 Å². The molecule has 4 rings (SSSR count). The molecule has 0 spiro atoms. The van der Waals surface area contributed by atoms with E-state index >= 15 is 0 Å². The molecule has 248 valence electrons. The summed E-state index contributed by atoms with van der Waals surface area (Å²) >= 11 is 0. The van der Waals surface area contributed by atoms with Crippen molar-refractivity contribution in [3.05, 3.63) is 94.0 Å². The predicted octanol–water partition coefficient (Wildman–Crippen LogP) is 6.61. The minimum atomic E-state index is -4.88. The molecule has 0 fully saturated rings. The van der Waals surface area contributed by atoms with Crippen molar-refractivity contribution in [1.82, 2.24) is 0 Å². The molecule has 4 aromatic rings. The highest BCUT2D eigenvalue weighted by molar-refractivity contribution is 7.86. The number of aryl methyl sites for hydroxylation is 2. The van der Waals surface area contributed by atoms with Gasteiger partial charge in [-0.25, -0.2) is 9.59 Å². The van der Waals surface area contributed by atoms with Crippen LogP contribution in [0.25, 0.3) is 12.2 Å². The highest BCUT2D eigenvalue weighted by Gasteiger charge is 2.19. The molecule has 0 aliphatic heterocycles. The zero-order valence-corrected chi connectivity index (χ0v) is 26.3. The van der Waals surface area contributed by atoms with Crippen LogP contribution in [0.15, 0.2) is 90.9 Å². The van der Waals surface area contributed by atoms with Gasteiger partial charge in [0, 0.05) is 0 Å². The van der Waals surface area contributed by atoms with Crippen LogP contribution in [0.5, 0.6) is 11.5 Å². The maximum absolute atomic E-state index is 12.2. The number of carbonyl (C=O) groups is 2. The molecule has 0 heterocycles. The first-order valence-corrected chi connectivity index (χ1v) is 16.1. The summed E-state index contributed by atoms with van der Waals surface area (Å²) in [5.74, 6) is -3.73. The van der Waals surface area contributed by atoms with Gasteiger partial charge in [-0.15, -0.1) is 0 Å². The summed E-state index contributed by atoms with van der Waals surface area (Å²) in [5.41, 5.74) is -0.775. The maximum atomic E-state index is 12.2. The van der Waals surface area contributed by atoms with E-state index in [1.807, 2.05) is 0 Å². The highest BCUT2D eigenvalue weighted by Crippen LogP contribution is 2.33. The van der Waals surface area contributed by atoms with Crippen LogP contribution in [-0.2, 0) is 20.2 Å². The average molecular weight is 697 g/mol. The monoisotopic (exact) mass is 696 g/mol. The molecule has 0 atom stereocenters. The quantitative estimate of drug-likeness (QED) is 0.0581. The Morgan fingerprint density at radius 2 is 0.896 bits per heavy atom. The zero-order chi connectivity index (χ0) is 35.6. The Balaban J connectivity index is 1.68.